The number of carbonyl (C=O) groups is 1. The summed E-state index contributed by atoms with van der Waals surface area (Å²) in [5, 5.41) is 13.6. The average molecular weight is 279 g/mol. The topological polar surface area (TPSA) is 98.3 Å². The van der Waals surface area contributed by atoms with Gasteiger partial charge in [-0.05, 0) is 50.8 Å². The van der Waals surface area contributed by atoms with Gasteiger partial charge in [0, 0.05) is 18.5 Å². The normalized spacial score (nSPS) is 12.0. The van der Waals surface area contributed by atoms with E-state index < -0.39 is 4.92 Å². The van der Waals surface area contributed by atoms with E-state index in [0.29, 0.717) is 12.8 Å². The van der Waals surface area contributed by atoms with Crippen LogP contribution < -0.4 is 11.1 Å². The molecule has 0 aromatic heterocycles. The molecule has 1 atom stereocenters. The second-order valence-corrected chi connectivity index (χ2v) is 5.13. The lowest BCUT2D eigenvalue weighted by atomic mass is 10.1. The third-order valence-corrected chi connectivity index (χ3v) is 3.15. The SMILES string of the molecule is Cc1cc(NC(=O)CCCC(C)N)c([N+](=O)[O-])cc1C. The van der Waals surface area contributed by atoms with Crippen LogP contribution in [0.3, 0.4) is 0 Å². The lowest BCUT2D eigenvalue weighted by Crippen LogP contribution is -2.17. The Morgan fingerprint density at radius 3 is 2.55 bits per heavy atom. The highest BCUT2D eigenvalue weighted by atomic mass is 16.6. The van der Waals surface area contributed by atoms with Crippen molar-refractivity contribution in [3.05, 3.63) is 33.4 Å². The lowest BCUT2D eigenvalue weighted by Gasteiger charge is -2.09. The van der Waals surface area contributed by atoms with Gasteiger partial charge in [-0.25, -0.2) is 0 Å². The van der Waals surface area contributed by atoms with E-state index >= 15 is 0 Å². The van der Waals surface area contributed by atoms with Gasteiger partial charge in [0.2, 0.25) is 5.91 Å². The number of nitro benzene ring substituents is 1. The van der Waals surface area contributed by atoms with Gasteiger partial charge in [0.15, 0.2) is 0 Å². The molecule has 6 heteroatoms. The van der Waals surface area contributed by atoms with E-state index in [4.69, 9.17) is 5.73 Å². The summed E-state index contributed by atoms with van der Waals surface area (Å²) in [6.45, 7) is 5.54. The van der Waals surface area contributed by atoms with Crippen LogP contribution in [-0.4, -0.2) is 16.9 Å². The summed E-state index contributed by atoms with van der Waals surface area (Å²) in [4.78, 5) is 22.3. The van der Waals surface area contributed by atoms with Gasteiger partial charge in [0.05, 0.1) is 4.92 Å². The van der Waals surface area contributed by atoms with Gasteiger partial charge in [-0.1, -0.05) is 0 Å². The molecule has 1 aromatic carbocycles. The van der Waals surface area contributed by atoms with Crippen LogP contribution in [0.15, 0.2) is 12.1 Å². The Hall–Kier alpha value is -1.95. The van der Waals surface area contributed by atoms with Gasteiger partial charge in [-0.3, -0.25) is 14.9 Å². The zero-order valence-corrected chi connectivity index (χ0v) is 12.1. The molecule has 0 spiro atoms. The smallest absolute Gasteiger partial charge is 0.293 e. The number of nitrogens with one attached hydrogen (secondary N) is 1. The Bertz CT molecular complexity index is 513. The minimum Gasteiger partial charge on any atom is -0.328 e. The molecule has 110 valence electrons. The Labute approximate surface area is 118 Å². The molecule has 0 aliphatic rings. The van der Waals surface area contributed by atoms with Gasteiger partial charge >= 0.3 is 0 Å². The van der Waals surface area contributed by atoms with Crippen LogP contribution in [0.1, 0.15) is 37.3 Å². The summed E-state index contributed by atoms with van der Waals surface area (Å²) < 4.78 is 0. The Morgan fingerprint density at radius 2 is 2.00 bits per heavy atom. The van der Waals surface area contributed by atoms with Crippen molar-refractivity contribution in [2.24, 2.45) is 5.73 Å². The predicted molar refractivity (Wildman–Crippen MR) is 78.7 cm³/mol. The highest BCUT2D eigenvalue weighted by molar-refractivity contribution is 5.93. The monoisotopic (exact) mass is 279 g/mol. The molecule has 0 aliphatic carbocycles. The number of nitro groups is 1. The van der Waals surface area contributed by atoms with Gasteiger partial charge in [-0.15, -0.1) is 0 Å². The second kappa shape index (κ2) is 7.00. The molecular weight excluding hydrogens is 258 g/mol. The Morgan fingerprint density at radius 1 is 1.40 bits per heavy atom. The molecule has 0 bridgehead atoms. The summed E-state index contributed by atoms with van der Waals surface area (Å²) >= 11 is 0. The first kappa shape index (κ1) is 16.1. The first-order chi connectivity index (χ1) is 9.31. The molecule has 1 unspecified atom stereocenters. The second-order valence-electron chi connectivity index (χ2n) is 5.13. The van der Waals surface area contributed by atoms with Crippen molar-refractivity contribution in [2.75, 3.05) is 5.32 Å². The van der Waals surface area contributed by atoms with Gasteiger partial charge < -0.3 is 11.1 Å². The van der Waals surface area contributed by atoms with Crippen LogP contribution in [0.5, 0.6) is 0 Å². The van der Waals surface area contributed by atoms with Crippen LogP contribution in [0, 0.1) is 24.0 Å². The maximum Gasteiger partial charge on any atom is 0.293 e. The fraction of sp³-hybridized carbons (Fsp3) is 0.500. The molecule has 6 nitrogen and oxygen atoms in total. The third-order valence-electron chi connectivity index (χ3n) is 3.15. The first-order valence-corrected chi connectivity index (χ1v) is 6.62. The number of anilines is 1. The van der Waals surface area contributed by atoms with Crippen LogP contribution in [0.4, 0.5) is 11.4 Å². The molecule has 0 saturated carbocycles. The molecule has 0 fully saturated rings. The van der Waals surface area contributed by atoms with Crippen molar-refractivity contribution in [3.8, 4) is 0 Å². The van der Waals surface area contributed by atoms with Gasteiger partial charge in [0.1, 0.15) is 5.69 Å². The van der Waals surface area contributed by atoms with Crippen LogP contribution in [0.2, 0.25) is 0 Å². The molecule has 0 heterocycles. The van der Waals surface area contributed by atoms with Crippen LogP contribution in [-0.2, 0) is 4.79 Å². The zero-order chi connectivity index (χ0) is 15.3. The minimum atomic E-state index is -0.482. The van der Waals surface area contributed by atoms with E-state index in [1.54, 1.807) is 13.0 Å². The van der Waals surface area contributed by atoms with E-state index in [0.717, 1.165) is 17.5 Å². The molecule has 20 heavy (non-hydrogen) atoms. The number of aryl methyl sites for hydroxylation is 2. The van der Waals surface area contributed by atoms with E-state index in [1.165, 1.54) is 6.07 Å². The van der Waals surface area contributed by atoms with E-state index in [1.807, 2.05) is 13.8 Å². The quantitative estimate of drug-likeness (QED) is 0.617. The summed E-state index contributed by atoms with van der Waals surface area (Å²) in [5.41, 5.74) is 7.52. The predicted octanol–water partition coefficient (Wildman–Crippen LogP) is 2.67. The number of carbonyl (C=O) groups excluding carboxylic acids is 1. The summed E-state index contributed by atoms with van der Waals surface area (Å²) in [6.07, 6.45) is 1.73. The summed E-state index contributed by atoms with van der Waals surface area (Å²) in [6, 6.07) is 3.17. The summed E-state index contributed by atoms with van der Waals surface area (Å²) in [7, 11) is 0. The Kier molecular flexibility index (Phi) is 5.64. The fourth-order valence-electron chi connectivity index (χ4n) is 1.85. The number of rotatable bonds is 6. The number of hydrogen-bond donors (Lipinski definition) is 2. The zero-order valence-electron chi connectivity index (χ0n) is 12.1. The third kappa shape index (κ3) is 4.62. The minimum absolute atomic E-state index is 0.0544. The molecular formula is C14H21N3O3. The number of hydrogen-bond acceptors (Lipinski definition) is 4. The molecule has 1 aromatic rings. The standard InChI is InChI=1S/C14H21N3O3/c1-9-7-12(13(17(19)20)8-10(9)2)16-14(18)6-4-5-11(3)15/h7-8,11H,4-6,15H2,1-3H3,(H,16,18). The van der Waals surface area contributed by atoms with Crippen molar-refractivity contribution in [2.45, 2.75) is 46.1 Å². The molecule has 1 rings (SSSR count). The highest BCUT2D eigenvalue weighted by Crippen LogP contribution is 2.28. The molecule has 0 radical (unpaired) electrons. The fourth-order valence-corrected chi connectivity index (χ4v) is 1.85. The van der Waals surface area contributed by atoms with Crippen molar-refractivity contribution in [1.29, 1.82) is 0 Å². The molecule has 0 aliphatic heterocycles. The average Bonchev–Trinajstić information content (AvgIpc) is 2.32. The van der Waals surface area contributed by atoms with Crippen molar-refractivity contribution < 1.29 is 9.72 Å². The van der Waals surface area contributed by atoms with Crippen molar-refractivity contribution >= 4 is 17.3 Å². The number of nitrogens with two attached hydrogens (primary N) is 1. The van der Waals surface area contributed by atoms with E-state index in [2.05, 4.69) is 5.32 Å². The number of benzene rings is 1. The first-order valence-electron chi connectivity index (χ1n) is 6.62. The van der Waals surface area contributed by atoms with Crippen molar-refractivity contribution in [1.82, 2.24) is 0 Å². The number of nitrogens with zero attached hydrogens (tertiary/aromatic N) is 1. The largest absolute Gasteiger partial charge is 0.328 e. The van der Waals surface area contributed by atoms with Gasteiger partial charge in [-0.2, -0.15) is 0 Å². The summed E-state index contributed by atoms with van der Waals surface area (Å²) in [5.74, 6) is -0.225. The van der Waals surface area contributed by atoms with E-state index in [-0.39, 0.29) is 23.3 Å². The highest BCUT2D eigenvalue weighted by Gasteiger charge is 2.17. The van der Waals surface area contributed by atoms with Crippen molar-refractivity contribution in [3.63, 3.8) is 0 Å². The van der Waals surface area contributed by atoms with Gasteiger partial charge in [0.25, 0.3) is 5.69 Å². The molecule has 1 amide bonds. The maximum absolute atomic E-state index is 11.8. The van der Waals surface area contributed by atoms with Crippen LogP contribution in [0.25, 0.3) is 0 Å². The van der Waals surface area contributed by atoms with E-state index in [9.17, 15) is 14.9 Å². The lowest BCUT2D eigenvalue weighted by molar-refractivity contribution is -0.384. The molecule has 0 saturated heterocycles. The maximum atomic E-state index is 11.8. The molecule has 3 N–H and O–H groups in total. The Balaban J connectivity index is 2.78. The van der Waals surface area contributed by atoms with Crippen LogP contribution >= 0.6 is 0 Å². The number of amides is 1.